The highest BCUT2D eigenvalue weighted by atomic mass is 35.5. The van der Waals surface area contributed by atoms with Crippen LogP contribution in [0.2, 0.25) is 15.1 Å². The molecule has 0 aliphatic rings. The molecule has 2 heterocycles. The summed E-state index contributed by atoms with van der Waals surface area (Å²) in [6.45, 7) is 3.91. The van der Waals surface area contributed by atoms with Gasteiger partial charge in [0.05, 0.1) is 40.2 Å². The van der Waals surface area contributed by atoms with Gasteiger partial charge < -0.3 is 14.0 Å². The number of benzene rings is 1. The topological polar surface area (TPSA) is 87.5 Å². The van der Waals surface area contributed by atoms with Crippen molar-refractivity contribution >= 4 is 46.7 Å². The molecule has 0 N–H and O–H groups in total. The van der Waals surface area contributed by atoms with Gasteiger partial charge in [-0.2, -0.15) is 0 Å². The van der Waals surface area contributed by atoms with Gasteiger partial charge in [-0.1, -0.05) is 40.9 Å². The first-order chi connectivity index (χ1) is 16.2. The highest BCUT2D eigenvalue weighted by Crippen LogP contribution is 2.34. The summed E-state index contributed by atoms with van der Waals surface area (Å²) in [5.41, 5.74) is 0.472. The van der Waals surface area contributed by atoms with Gasteiger partial charge >= 0.3 is 11.9 Å². The number of ether oxygens (including phenoxy) is 2. The molecule has 0 aliphatic carbocycles. The Hall–Kier alpha value is -2.87. The van der Waals surface area contributed by atoms with Crippen molar-refractivity contribution in [2.45, 2.75) is 26.3 Å². The lowest BCUT2D eigenvalue weighted by Gasteiger charge is -2.24. The van der Waals surface area contributed by atoms with Gasteiger partial charge in [-0.05, 0) is 38.1 Å². The molecule has 0 fully saturated rings. The fourth-order valence-electron chi connectivity index (χ4n) is 3.66. The molecule has 10 heteroatoms. The van der Waals surface area contributed by atoms with Crippen molar-refractivity contribution in [3.05, 3.63) is 84.8 Å². The Morgan fingerprint density at radius 1 is 1.06 bits per heavy atom. The van der Waals surface area contributed by atoms with E-state index in [1.165, 1.54) is 19.4 Å². The van der Waals surface area contributed by atoms with Crippen molar-refractivity contribution in [3.63, 3.8) is 0 Å². The minimum atomic E-state index is -1.06. The summed E-state index contributed by atoms with van der Waals surface area (Å²) in [7, 11) is 1.18. The van der Waals surface area contributed by atoms with E-state index in [9.17, 15) is 14.4 Å². The van der Waals surface area contributed by atoms with E-state index in [2.05, 4.69) is 4.98 Å². The summed E-state index contributed by atoms with van der Waals surface area (Å²) in [6.07, 6.45) is 1.40. The summed E-state index contributed by atoms with van der Waals surface area (Å²) in [4.78, 5) is 43.3. The summed E-state index contributed by atoms with van der Waals surface area (Å²) in [6, 6.07) is 9.14. The standard InChI is InChI=1S/C24H21Cl3N2O5/c1-4-29-18(20(24(32)34-5-2)17-9-7-14(25)12-28-17)11-19(30)21(23(31)33-3)22(29)13-6-8-15(26)16(27)10-13/h6-12,20H,4-5H2,1-3H3. The minimum Gasteiger partial charge on any atom is -0.465 e. The van der Waals surface area contributed by atoms with E-state index in [1.54, 1.807) is 41.8 Å². The van der Waals surface area contributed by atoms with E-state index in [1.807, 2.05) is 6.92 Å². The van der Waals surface area contributed by atoms with Crippen LogP contribution in [0.1, 0.15) is 41.5 Å². The van der Waals surface area contributed by atoms with Gasteiger partial charge in [0.25, 0.3) is 0 Å². The zero-order valence-corrected chi connectivity index (χ0v) is 20.9. The first-order valence-electron chi connectivity index (χ1n) is 10.3. The minimum absolute atomic E-state index is 0.124. The van der Waals surface area contributed by atoms with Gasteiger partial charge in [0, 0.05) is 30.1 Å². The molecule has 1 unspecified atom stereocenters. The molecular formula is C24H21Cl3N2O5. The molecular weight excluding hydrogens is 503 g/mol. The summed E-state index contributed by atoms with van der Waals surface area (Å²) in [5.74, 6) is -2.49. The predicted octanol–water partition coefficient (Wildman–Crippen LogP) is 5.37. The number of hydrogen-bond donors (Lipinski definition) is 0. The normalized spacial score (nSPS) is 11.7. The first-order valence-corrected chi connectivity index (χ1v) is 11.5. The number of hydrogen-bond acceptors (Lipinski definition) is 6. The summed E-state index contributed by atoms with van der Waals surface area (Å²) >= 11 is 18.3. The van der Waals surface area contributed by atoms with E-state index in [0.29, 0.717) is 27.8 Å². The molecule has 7 nitrogen and oxygen atoms in total. The fraction of sp³-hybridized carbons (Fsp3) is 0.250. The van der Waals surface area contributed by atoms with Crippen molar-refractivity contribution in [1.29, 1.82) is 0 Å². The highest BCUT2D eigenvalue weighted by Gasteiger charge is 2.32. The van der Waals surface area contributed by atoms with E-state index in [0.717, 1.165) is 0 Å². The van der Waals surface area contributed by atoms with Crippen LogP contribution in [0.15, 0.2) is 47.4 Å². The lowest BCUT2D eigenvalue weighted by Crippen LogP contribution is -2.29. The molecule has 2 aromatic heterocycles. The number of methoxy groups -OCH3 is 1. The van der Waals surface area contributed by atoms with Gasteiger partial charge in [-0.25, -0.2) is 4.79 Å². The smallest absolute Gasteiger partial charge is 0.344 e. The molecule has 1 aromatic carbocycles. The molecule has 0 aliphatic heterocycles. The van der Waals surface area contributed by atoms with E-state index < -0.39 is 23.3 Å². The van der Waals surface area contributed by atoms with Crippen molar-refractivity contribution in [2.75, 3.05) is 13.7 Å². The molecule has 0 bridgehead atoms. The van der Waals surface area contributed by atoms with Crippen LogP contribution < -0.4 is 5.43 Å². The second-order valence-corrected chi connectivity index (χ2v) is 8.36. The van der Waals surface area contributed by atoms with Crippen LogP contribution in [0.25, 0.3) is 11.3 Å². The molecule has 178 valence electrons. The Balaban J connectivity index is 2.42. The third-order valence-electron chi connectivity index (χ3n) is 5.11. The lowest BCUT2D eigenvalue weighted by molar-refractivity contribution is -0.144. The highest BCUT2D eigenvalue weighted by molar-refractivity contribution is 6.42. The number of rotatable bonds is 7. The van der Waals surface area contributed by atoms with Gasteiger partial charge in [0.1, 0.15) is 11.5 Å². The predicted molar refractivity (Wildman–Crippen MR) is 131 cm³/mol. The van der Waals surface area contributed by atoms with Crippen molar-refractivity contribution in [3.8, 4) is 11.3 Å². The number of nitrogens with zero attached hydrogens (tertiary/aromatic N) is 2. The van der Waals surface area contributed by atoms with Crippen LogP contribution >= 0.6 is 34.8 Å². The second-order valence-electron chi connectivity index (χ2n) is 7.11. The summed E-state index contributed by atoms with van der Waals surface area (Å²) < 4.78 is 11.9. The zero-order chi connectivity index (χ0) is 25.0. The Labute approximate surface area is 211 Å². The first kappa shape index (κ1) is 25.7. The number of aromatic nitrogens is 2. The molecule has 0 spiro atoms. The van der Waals surface area contributed by atoms with Gasteiger partial charge in [-0.3, -0.25) is 14.6 Å². The Morgan fingerprint density at radius 2 is 1.79 bits per heavy atom. The molecule has 34 heavy (non-hydrogen) atoms. The van der Waals surface area contributed by atoms with Gasteiger partial charge in [0.15, 0.2) is 5.43 Å². The fourth-order valence-corrected chi connectivity index (χ4v) is 4.07. The molecule has 0 saturated carbocycles. The molecule has 0 amide bonds. The maximum atomic E-state index is 13.3. The molecule has 0 saturated heterocycles. The van der Waals surface area contributed by atoms with Crippen LogP contribution in [-0.2, 0) is 20.8 Å². The lowest BCUT2D eigenvalue weighted by atomic mass is 9.95. The van der Waals surface area contributed by atoms with Crippen molar-refractivity contribution in [1.82, 2.24) is 9.55 Å². The number of halogens is 3. The Bertz CT molecular complexity index is 1290. The Morgan fingerprint density at radius 3 is 2.35 bits per heavy atom. The van der Waals surface area contributed by atoms with E-state index in [4.69, 9.17) is 44.3 Å². The maximum absolute atomic E-state index is 13.3. The van der Waals surface area contributed by atoms with Crippen molar-refractivity contribution < 1.29 is 19.1 Å². The van der Waals surface area contributed by atoms with Crippen LogP contribution in [0.5, 0.6) is 0 Å². The number of carbonyl (C=O) groups excluding carboxylic acids is 2. The molecule has 3 aromatic rings. The van der Waals surface area contributed by atoms with Crippen LogP contribution in [0, 0.1) is 0 Å². The van der Waals surface area contributed by atoms with Crippen molar-refractivity contribution in [2.24, 2.45) is 0 Å². The molecule has 0 radical (unpaired) electrons. The van der Waals surface area contributed by atoms with Crippen LogP contribution in [0.3, 0.4) is 0 Å². The Kier molecular flexibility index (Phi) is 8.36. The van der Waals surface area contributed by atoms with Crippen LogP contribution in [-0.4, -0.2) is 35.2 Å². The van der Waals surface area contributed by atoms with Gasteiger partial charge in [-0.15, -0.1) is 0 Å². The molecule has 3 rings (SSSR count). The number of carbonyl (C=O) groups is 2. The SMILES string of the molecule is CCOC(=O)C(c1ccc(Cl)cn1)c1cc(=O)c(C(=O)OC)c(-c2ccc(Cl)c(Cl)c2)n1CC. The zero-order valence-electron chi connectivity index (χ0n) is 18.6. The largest absolute Gasteiger partial charge is 0.465 e. The third-order valence-corrected chi connectivity index (χ3v) is 6.07. The molecule has 1 atom stereocenters. The van der Waals surface area contributed by atoms with E-state index in [-0.39, 0.29) is 28.6 Å². The monoisotopic (exact) mass is 522 g/mol. The number of esters is 2. The van der Waals surface area contributed by atoms with E-state index >= 15 is 0 Å². The quantitative estimate of drug-likeness (QED) is 0.387. The van der Waals surface area contributed by atoms with Crippen LogP contribution in [0.4, 0.5) is 0 Å². The van der Waals surface area contributed by atoms with Gasteiger partial charge in [0.2, 0.25) is 0 Å². The number of pyridine rings is 2. The summed E-state index contributed by atoms with van der Waals surface area (Å²) in [5, 5.41) is 0.926. The second kappa shape index (κ2) is 11.0. The average molecular weight is 524 g/mol. The maximum Gasteiger partial charge on any atom is 0.344 e. The third kappa shape index (κ3) is 5.12. The average Bonchev–Trinajstić information content (AvgIpc) is 2.81.